The van der Waals surface area contributed by atoms with Crippen molar-refractivity contribution in [3.63, 3.8) is 0 Å². The second-order valence-corrected chi connectivity index (χ2v) is 12.8. The van der Waals surface area contributed by atoms with Crippen LogP contribution in [0.4, 0.5) is 11.6 Å². The number of fused-ring (bicyclic) bond motifs is 1. The van der Waals surface area contributed by atoms with Gasteiger partial charge < -0.3 is 20.1 Å². The highest BCUT2D eigenvalue weighted by atomic mass is 79.9. The molecular weight excluding hydrogens is 686 g/mol. The van der Waals surface area contributed by atoms with Crippen molar-refractivity contribution in [2.24, 2.45) is 0 Å². The number of benzene rings is 4. The summed E-state index contributed by atoms with van der Waals surface area (Å²) in [6.07, 6.45) is 0. The monoisotopic (exact) mass is 715 g/mol. The lowest BCUT2D eigenvalue weighted by molar-refractivity contribution is -0.113. The van der Waals surface area contributed by atoms with E-state index in [9.17, 15) is 4.79 Å². The number of para-hydroxylation sites is 1. The van der Waals surface area contributed by atoms with Crippen LogP contribution in [0.25, 0.3) is 0 Å². The summed E-state index contributed by atoms with van der Waals surface area (Å²) in [6.45, 7) is 4.61. The van der Waals surface area contributed by atoms with Gasteiger partial charge in [0.05, 0.1) is 12.2 Å². The molecule has 0 radical (unpaired) electrons. The van der Waals surface area contributed by atoms with Crippen molar-refractivity contribution in [2.75, 3.05) is 17.2 Å². The lowest BCUT2D eigenvalue weighted by atomic mass is 9.94. The Bertz CT molecular complexity index is 1900. The van der Waals surface area contributed by atoms with Gasteiger partial charge in [0.15, 0.2) is 11.5 Å². The van der Waals surface area contributed by atoms with Gasteiger partial charge >= 0.3 is 0 Å². The van der Waals surface area contributed by atoms with Gasteiger partial charge in [0.2, 0.25) is 11.1 Å². The van der Waals surface area contributed by atoms with E-state index < -0.39 is 6.04 Å². The number of amides is 1. The number of nitrogens with one attached hydrogen (secondary N) is 2. The number of anilines is 2. The van der Waals surface area contributed by atoms with Gasteiger partial charge in [0, 0.05) is 26.6 Å². The van der Waals surface area contributed by atoms with Gasteiger partial charge in [-0.2, -0.15) is 4.98 Å². The number of aromatic nitrogens is 3. The van der Waals surface area contributed by atoms with E-state index >= 15 is 0 Å². The van der Waals surface area contributed by atoms with Crippen molar-refractivity contribution >= 4 is 56.8 Å². The van der Waals surface area contributed by atoms with E-state index in [1.165, 1.54) is 11.8 Å². The lowest BCUT2D eigenvalue weighted by Gasteiger charge is -2.29. The Hall–Kier alpha value is -4.25. The average molecular weight is 717 g/mol. The minimum absolute atomic E-state index is 0.249. The molecule has 1 aromatic heterocycles. The Morgan fingerprint density at radius 3 is 2.59 bits per heavy atom. The Balaban J connectivity index is 1.36. The molecule has 6 rings (SSSR count). The fourth-order valence-corrected chi connectivity index (χ4v) is 6.70. The molecule has 0 saturated carbocycles. The standard InChI is InChI=1S/C35H31BrClN5O3S/c1-3-44-30-19-24(16-17-29(30)45-20-23-10-9-12-26(36)18-23)32-31(33(43)39-27-13-5-4-6-14-27)22(2)38-34-40-35(41-42(32)34)46-21-25-11-7-8-15-28(25)37/h4-19,32H,3,20-21H2,1-2H3,(H,39,43)(H,38,40,41). The van der Waals surface area contributed by atoms with Gasteiger partial charge in [-0.1, -0.05) is 93.9 Å². The second-order valence-electron chi connectivity index (χ2n) is 10.5. The Kier molecular flexibility index (Phi) is 9.97. The van der Waals surface area contributed by atoms with Crippen LogP contribution in [0.1, 0.15) is 36.6 Å². The van der Waals surface area contributed by atoms with Gasteiger partial charge in [0.25, 0.3) is 5.91 Å². The maximum atomic E-state index is 13.9. The van der Waals surface area contributed by atoms with Gasteiger partial charge in [-0.25, -0.2) is 4.68 Å². The molecule has 0 bridgehead atoms. The predicted octanol–water partition coefficient (Wildman–Crippen LogP) is 8.89. The third kappa shape index (κ3) is 7.25. The number of hydrogen-bond donors (Lipinski definition) is 2. The zero-order valence-electron chi connectivity index (χ0n) is 25.2. The molecule has 0 fully saturated rings. The maximum absolute atomic E-state index is 13.9. The van der Waals surface area contributed by atoms with Crippen molar-refractivity contribution < 1.29 is 14.3 Å². The maximum Gasteiger partial charge on any atom is 0.255 e. The van der Waals surface area contributed by atoms with Crippen molar-refractivity contribution in [3.05, 3.63) is 135 Å². The largest absolute Gasteiger partial charge is 0.490 e. The van der Waals surface area contributed by atoms with Gasteiger partial charge in [-0.15, -0.1) is 5.10 Å². The third-order valence-electron chi connectivity index (χ3n) is 7.29. The number of carbonyl (C=O) groups is 1. The average Bonchev–Trinajstić information content (AvgIpc) is 3.46. The summed E-state index contributed by atoms with van der Waals surface area (Å²) in [5.74, 6) is 2.06. The summed E-state index contributed by atoms with van der Waals surface area (Å²) in [6, 6.07) is 30.2. The Labute approximate surface area is 285 Å². The summed E-state index contributed by atoms with van der Waals surface area (Å²) in [5, 5.41) is 12.5. The first kappa shape index (κ1) is 31.7. The van der Waals surface area contributed by atoms with E-state index in [2.05, 4.69) is 26.6 Å². The molecule has 1 aliphatic heterocycles. The minimum atomic E-state index is -0.597. The molecule has 2 heterocycles. The summed E-state index contributed by atoms with van der Waals surface area (Å²) in [4.78, 5) is 18.7. The van der Waals surface area contributed by atoms with Crippen LogP contribution in [-0.2, 0) is 17.2 Å². The molecule has 2 N–H and O–H groups in total. The molecular formula is C35H31BrClN5O3S. The van der Waals surface area contributed by atoms with E-state index in [1.807, 2.05) is 111 Å². The highest BCUT2D eigenvalue weighted by Gasteiger charge is 2.35. The van der Waals surface area contributed by atoms with Crippen LogP contribution in [0, 0.1) is 0 Å². The zero-order chi connectivity index (χ0) is 32.0. The fourth-order valence-electron chi connectivity index (χ4n) is 5.14. The van der Waals surface area contributed by atoms with Crippen LogP contribution in [0.15, 0.2) is 118 Å². The molecule has 0 saturated heterocycles. The third-order valence-corrected chi connectivity index (χ3v) is 9.04. The topological polar surface area (TPSA) is 90.3 Å². The molecule has 1 aliphatic rings. The first-order valence-electron chi connectivity index (χ1n) is 14.7. The predicted molar refractivity (Wildman–Crippen MR) is 187 cm³/mol. The molecule has 1 amide bonds. The number of carbonyl (C=O) groups excluding carboxylic acids is 1. The van der Waals surface area contributed by atoms with Crippen molar-refractivity contribution in [1.29, 1.82) is 0 Å². The molecule has 0 spiro atoms. The lowest BCUT2D eigenvalue weighted by Crippen LogP contribution is -2.31. The Morgan fingerprint density at radius 1 is 1.00 bits per heavy atom. The van der Waals surface area contributed by atoms with Gasteiger partial charge in [-0.05, 0) is 73.0 Å². The van der Waals surface area contributed by atoms with Crippen molar-refractivity contribution in [3.8, 4) is 11.5 Å². The zero-order valence-corrected chi connectivity index (χ0v) is 28.3. The van der Waals surface area contributed by atoms with Gasteiger partial charge in [0.1, 0.15) is 12.6 Å². The van der Waals surface area contributed by atoms with E-state index in [0.717, 1.165) is 21.2 Å². The first-order chi connectivity index (χ1) is 22.4. The molecule has 1 unspecified atom stereocenters. The van der Waals surface area contributed by atoms with Crippen LogP contribution < -0.4 is 20.1 Å². The molecule has 8 nitrogen and oxygen atoms in total. The number of ether oxygens (including phenoxy) is 2. The molecule has 1 atom stereocenters. The van der Waals surface area contributed by atoms with E-state index in [1.54, 1.807) is 4.68 Å². The van der Waals surface area contributed by atoms with E-state index in [-0.39, 0.29) is 5.91 Å². The number of hydrogen-bond acceptors (Lipinski definition) is 7. The fraction of sp³-hybridized carbons (Fsp3) is 0.171. The number of thioether (sulfide) groups is 1. The highest BCUT2D eigenvalue weighted by Crippen LogP contribution is 2.40. The minimum Gasteiger partial charge on any atom is -0.490 e. The highest BCUT2D eigenvalue weighted by molar-refractivity contribution is 9.10. The molecule has 0 aliphatic carbocycles. The van der Waals surface area contributed by atoms with Crippen molar-refractivity contribution in [1.82, 2.24) is 14.8 Å². The number of rotatable bonds is 11. The van der Waals surface area contributed by atoms with E-state index in [0.29, 0.717) is 63.6 Å². The second kappa shape index (κ2) is 14.5. The molecule has 4 aromatic carbocycles. The SMILES string of the molecule is CCOc1cc(C2C(C(=O)Nc3ccccc3)=C(C)Nc3nc(SCc4ccccc4Cl)nn32)ccc1OCc1cccc(Br)c1. The summed E-state index contributed by atoms with van der Waals surface area (Å²) < 4.78 is 15.0. The molecule has 234 valence electrons. The Morgan fingerprint density at radius 2 is 1.80 bits per heavy atom. The van der Waals surface area contributed by atoms with Crippen LogP contribution in [0.5, 0.6) is 11.5 Å². The summed E-state index contributed by atoms with van der Waals surface area (Å²) in [7, 11) is 0. The van der Waals surface area contributed by atoms with Crippen LogP contribution >= 0.6 is 39.3 Å². The first-order valence-corrected chi connectivity index (χ1v) is 16.9. The molecule has 11 heteroatoms. The van der Waals surface area contributed by atoms with Crippen molar-refractivity contribution in [2.45, 2.75) is 37.4 Å². The smallest absolute Gasteiger partial charge is 0.255 e. The summed E-state index contributed by atoms with van der Waals surface area (Å²) in [5.41, 5.74) is 4.68. The van der Waals surface area contributed by atoms with Crippen LogP contribution in [-0.4, -0.2) is 27.3 Å². The molecule has 5 aromatic rings. The summed E-state index contributed by atoms with van der Waals surface area (Å²) >= 11 is 11.4. The van der Waals surface area contributed by atoms with Crippen LogP contribution in [0.3, 0.4) is 0 Å². The van der Waals surface area contributed by atoms with Gasteiger partial charge in [-0.3, -0.25) is 4.79 Å². The quantitative estimate of drug-likeness (QED) is 0.132. The van der Waals surface area contributed by atoms with E-state index in [4.69, 9.17) is 31.2 Å². The molecule has 46 heavy (non-hydrogen) atoms. The number of halogens is 2. The normalized spacial score (nSPS) is 14.0. The number of nitrogens with zero attached hydrogens (tertiary/aromatic N) is 3. The van der Waals surface area contributed by atoms with Crippen LogP contribution in [0.2, 0.25) is 5.02 Å². The number of allylic oxidation sites excluding steroid dienone is 1.